The molecule has 1 heterocycles. The van der Waals surface area contributed by atoms with Crippen molar-refractivity contribution in [1.82, 2.24) is 14.7 Å². The first-order chi connectivity index (χ1) is 12.0. The van der Waals surface area contributed by atoms with Gasteiger partial charge in [0.15, 0.2) is 5.69 Å². The van der Waals surface area contributed by atoms with Crippen LogP contribution in [0.5, 0.6) is 0 Å². The van der Waals surface area contributed by atoms with Crippen LogP contribution < -0.4 is 5.73 Å². The average molecular weight is 377 g/mol. The van der Waals surface area contributed by atoms with Crippen molar-refractivity contribution in [2.45, 2.75) is 45.6 Å². The topological polar surface area (TPSA) is 64.2 Å². The van der Waals surface area contributed by atoms with Crippen molar-refractivity contribution in [3.8, 4) is 5.69 Å². The van der Waals surface area contributed by atoms with Crippen LogP contribution >= 0.6 is 12.4 Å². The molecular weight excluding hydrogens is 348 g/mol. The molecule has 1 aliphatic carbocycles. The van der Waals surface area contributed by atoms with Crippen LogP contribution in [0.4, 0.5) is 0 Å². The van der Waals surface area contributed by atoms with E-state index in [0.29, 0.717) is 18.2 Å². The van der Waals surface area contributed by atoms with Gasteiger partial charge in [-0.15, -0.1) is 12.4 Å². The van der Waals surface area contributed by atoms with Crippen LogP contribution in [-0.2, 0) is 12.8 Å². The summed E-state index contributed by atoms with van der Waals surface area (Å²) in [6, 6.07) is 10.2. The molecule has 1 unspecified atom stereocenters. The molecule has 0 bridgehead atoms. The van der Waals surface area contributed by atoms with Gasteiger partial charge in [-0.25, -0.2) is 4.68 Å². The molecule has 26 heavy (non-hydrogen) atoms. The third-order valence-electron chi connectivity index (χ3n) is 5.13. The monoisotopic (exact) mass is 376 g/mol. The van der Waals surface area contributed by atoms with Crippen molar-refractivity contribution in [3.05, 3.63) is 47.3 Å². The van der Waals surface area contributed by atoms with Crippen LogP contribution in [-0.4, -0.2) is 40.2 Å². The van der Waals surface area contributed by atoms with Gasteiger partial charge in [-0.05, 0) is 43.7 Å². The molecule has 1 aromatic carbocycles. The van der Waals surface area contributed by atoms with E-state index in [4.69, 9.17) is 5.73 Å². The molecule has 6 heteroatoms. The lowest BCUT2D eigenvalue weighted by Crippen LogP contribution is -2.35. The molecule has 1 amide bonds. The molecule has 0 aliphatic heterocycles. The molecule has 2 N–H and O–H groups in total. The number of para-hydroxylation sites is 1. The summed E-state index contributed by atoms with van der Waals surface area (Å²) < 4.78 is 1.95. The number of hydrogen-bond acceptors (Lipinski definition) is 3. The summed E-state index contributed by atoms with van der Waals surface area (Å²) >= 11 is 0. The van der Waals surface area contributed by atoms with Gasteiger partial charge in [-0.2, -0.15) is 5.10 Å². The lowest BCUT2D eigenvalue weighted by atomic mass is 10.0. The van der Waals surface area contributed by atoms with E-state index in [2.05, 4.69) is 18.9 Å². The van der Waals surface area contributed by atoms with Crippen molar-refractivity contribution in [2.24, 2.45) is 11.7 Å². The summed E-state index contributed by atoms with van der Waals surface area (Å²) in [4.78, 5) is 14.7. The Labute approximate surface area is 162 Å². The van der Waals surface area contributed by atoms with Crippen molar-refractivity contribution < 1.29 is 4.79 Å². The van der Waals surface area contributed by atoms with Crippen molar-refractivity contribution in [3.63, 3.8) is 0 Å². The van der Waals surface area contributed by atoms with E-state index in [-0.39, 0.29) is 24.4 Å². The van der Waals surface area contributed by atoms with Crippen molar-refractivity contribution in [1.29, 1.82) is 0 Å². The number of fused-ring (bicyclic) bond motifs is 1. The van der Waals surface area contributed by atoms with Crippen LogP contribution in [0.1, 0.15) is 48.4 Å². The van der Waals surface area contributed by atoms with E-state index in [0.717, 1.165) is 36.9 Å². The van der Waals surface area contributed by atoms with Gasteiger partial charge in [0.2, 0.25) is 0 Å². The van der Waals surface area contributed by atoms with Crippen molar-refractivity contribution in [2.75, 3.05) is 13.6 Å². The summed E-state index contributed by atoms with van der Waals surface area (Å²) in [6.07, 6.45) is 3.80. The number of amides is 1. The van der Waals surface area contributed by atoms with Gasteiger partial charge < -0.3 is 10.6 Å². The number of rotatable bonds is 6. The maximum absolute atomic E-state index is 12.9. The second-order valence-corrected chi connectivity index (χ2v) is 7.30. The highest BCUT2D eigenvalue weighted by Gasteiger charge is 2.28. The fourth-order valence-electron chi connectivity index (χ4n) is 3.35. The normalized spacial score (nSPS) is 14.0. The summed E-state index contributed by atoms with van der Waals surface area (Å²) in [7, 11) is 1.85. The van der Waals surface area contributed by atoms with E-state index in [1.54, 1.807) is 4.90 Å². The molecule has 0 saturated heterocycles. The van der Waals surface area contributed by atoms with Crippen LogP contribution in [0, 0.1) is 5.92 Å². The highest BCUT2D eigenvalue weighted by molar-refractivity contribution is 5.94. The maximum atomic E-state index is 12.9. The Balaban J connectivity index is 0.00000243. The Morgan fingerprint density at radius 2 is 1.96 bits per heavy atom. The van der Waals surface area contributed by atoms with Gasteiger partial charge in [0.05, 0.1) is 5.69 Å². The SMILES string of the molecule is CC(C)C(N)CCN(C)C(=O)c1nn(-c2ccccc2)c2c1CCC2.Cl. The second kappa shape index (κ2) is 8.69. The van der Waals surface area contributed by atoms with E-state index in [1.807, 2.05) is 42.1 Å². The third kappa shape index (κ3) is 4.10. The van der Waals surface area contributed by atoms with E-state index < -0.39 is 0 Å². The Bertz CT molecular complexity index is 742. The molecule has 1 atom stereocenters. The molecular formula is C20H29ClN4O. The smallest absolute Gasteiger partial charge is 0.274 e. The Morgan fingerprint density at radius 3 is 2.62 bits per heavy atom. The number of benzene rings is 1. The fraction of sp³-hybridized carbons (Fsp3) is 0.500. The summed E-state index contributed by atoms with van der Waals surface area (Å²) in [6.45, 7) is 4.88. The minimum atomic E-state index is 0. The van der Waals surface area contributed by atoms with Crippen LogP contribution in [0.25, 0.3) is 5.69 Å². The molecule has 142 valence electrons. The molecule has 0 fully saturated rings. The van der Waals surface area contributed by atoms with Gasteiger partial charge in [-0.1, -0.05) is 32.0 Å². The summed E-state index contributed by atoms with van der Waals surface area (Å²) in [5, 5.41) is 4.68. The van der Waals surface area contributed by atoms with Gasteiger partial charge in [0.25, 0.3) is 5.91 Å². The highest BCUT2D eigenvalue weighted by Crippen LogP contribution is 2.28. The number of nitrogens with zero attached hydrogens (tertiary/aromatic N) is 3. The van der Waals surface area contributed by atoms with E-state index >= 15 is 0 Å². The van der Waals surface area contributed by atoms with Gasteiger partial charge in [0.1, 0.15) is 0 Å². The molecule has 1 aromatic heterocycles. The molecule has 5 nitrogen and oxygen atoms in total. The zero-order valence-corrected chi connectivity index (χ0v) is 16.6. The average Bonchev–Trinajstić information content (AvgIpc) is 3.21. The Morgan fingerprint density at radius 1 is 1.27 bits per heavy atom. The number of hydrogen-bond donors (Lipinski definition) is 1. The number of carbonyl (C=O) groups is 1. The largest absolute Gasteiger partial charge is 0.340 e. The lowest BCUT2D eigenvalue weighted by Gasteiger charge is -2.21. The lowest BCUT2D eigenvalue weighted by molar-refractivity contribution is 0.0782. The minimum Gasteiger partial charge on any atom is -0.340 e. The number of carbonyl (C=O) groups excluding carboxylic acids is 1. The van der Waals surface area contributed by atoms with E-state index in [1.165, 1.54) is 5.69 Å². The van der Waals surface area contributed by atoms with Gasteiger partial charge >= 0.3 is 0 Å². The number of aromatic nitrogens is 2. The van der Waals surface area contributed by atoms with E-state index in [9.17, 15) is 4.79 Å². The van der Waals surface area contributed by atoms with Crippen LogP contribution in [0.2, 0.25) is 0 Å². The number of halogens is 1. The molecule has 0 saturated carbocycles. The first-order valence-corrected chi connectivity index (χ1v) is 9.16. The summed E-state index contributed by atoms with van der Waals surface area (Å²) in [5.41, 5.74) is 10.0. The first kappa shape index (κ1) is 20.5. The zero-order chi connectivity index (χ0) is 18.0. The van der Waals surface area contributed by atoms with Crippen LogP contribution in [0.15, 0.2) is 30.3 Å². The Kier molecular flexibility index (Phi) is 6.84. The molecule has 0 spiro atoms. The highest BCUT2D eigenvalue weighted by atomic mass is 35.5. The quantitative estimate of drug-likeness (QED) is 0.841. The number of nitrogens with two attached hydrogens (primary N) is 1. The minimum absolute atomic E-state index is 0. The van der Waals surface area contributed by atoms with Crippen molar-refractivity contribution >= 4 is 18.3 Å². The Hall–Kier alpha value is -1.85. The predicted octanol–water partition coefficient (Wildman–Crippen LogP) is 3.23. The molecule has 3 rings (SSSR count). The molecule has 0 radical (unpaired) electrons. The first-order valence-electron chi connectivity index (χ1n) is 9.16. The third-order valence-corrected chi connectivity index (χ3v) is 5.13. The maximum Gasteiger partial charge on any atom is 0.274 e. The predicted molar refractivity (Wildman–Crippen MR) is 107 cm³/mol. The second-order valence-electron chi connectivity index (χ2n) is 7.30. The molecule has 1 aliphatic rings. The zero-order valence-electron chi connectivity index (χ0n) is 15.8. The summed E-state index contributed by atoms with van der Waals surface area (Å²) in [5.74, 6) is 0.425. The molecule has 2 aromatic rings. The fourth-order valence-corrected chi connectivity index (χ4v) is 3.35. The van der Waals surface area contributed by atoms with Gasteiger partial charge in [0, 0.05) is 30.9 Å². The standard InChI is InChI=1S/C20H28N4O.ClH/c1-14(2)17(21)12-13-23(3)20(25)19-16-10-7-11-18(16)24(22-19)15-8-5-4-6-9-15;/h4-6,8-9,14,17H,7,10-13,21H2,1-3H3;1H. The van der Waals surface area contributed by atoms with Crippen LogP contribution in [0.3, 0.4) is 0 Å². The van der Waals surface area contributed by atoms with Gasteiger partial charge in [-0.3, -0.25) is 4.79 Å².